The Bertz CT molecular complexity index is 1230. The second-order valence-electron chi connectivity index (χ2n) is 8.41. The maximum atomic E-state index is 13.2. The molecule has 0 fully saturated rings. The van der Waals surface area contributed by atoms with Crippen LogP contribution < -0.4 is 14.8 Å². The molecule has 5 nitrogen and oxygen atoms in total. The van der Waals surface area contributed by atoms with Gasteiger partial charge >= 0.3 is 0 Å². The van der Waals surface area contributed by atoms with E-state index >= 15 is 0 Å². The van der Waals surface area contributed by atoms with Gasteiger partial charge in [-0.1, -0.05) is 75.0 Å². The van der Waals surface area contributed by atoms with Crippen LogP contribution in [0.3, 0.4) is 0 Å². The molecule has 0 N–H and O–H groups in total. The molecule has 8 heteroatoms. The van der Waals surface area contributed by atoms with E-state index in [-0.39, 0.29) is 17.9 Å². The van der Waals surface area contributed by atoms with Crippen molar-refractivity contribution in [2.75, 3.05) is 0 Å². The SMILES string of the molecule is CC(C)c1ccc(C=c2sc(=CC(=O)C(C)(C)C)n(Cc3nnsc3Cl)c2=O)cc1. The van der Waals surface area contributed by atoms with E-state index in [2.05, 4.69) is 35.6 Å². The standard InChI is InChI=1S/C22H24ClN3O2S2/c1-13(2)15-8-6-14(7-9-15)10-17-21(28)26(12-16-20(23)30-25-24-16)19(29-17)11-18(27)22(3,4)5/h6-11,13H,12H2,1-5H3. The zero-order valence-electron chi connectivity index (χ0n) is 17.6. The lowest BCUT2D eigenvalue weighted by atomic mass is 9.91. The fourth-order valence-electron chi connectivity index (χ4n) is 2.69. The molecule has 0 saturated heterocycles. The Labute approximate surface area is 188 Å². The summed E-state index contributed by atoms with van der Waals surface area (Å²) in [6.07, 6.45) is 3.40. The minimum atomic E-state index is -0.540. The van der Waals surface area contributed by atoms with E-state index in [4.69, 9.17) is 11.6 Å². The second-order valence-corrected chi connectivity index (χ2v) is 10.8. The van der Waals surface area contributed by atoms with E-state index in [1.54, 1.807) is 10.6 Å². The van der Waals surface area contributed by atoms with Crippen LogP contribution in [-0.4, -0.2) is 19.9 Å². The summed E-state index contributed by atoms with van der Waals surface area (Å²) in [5.41, 5.74) is 1.98. The molecule has 158 valence electrons. The summed E-state index contributed by atoms with van der Waals surface area (Å²) in [5.74, 6) is 0.395. The fourth-order valence-corrected chi connectivity index (χ4v) is 4.34. The molecule has 2 aromatic heterocycles. The van der Waals surface area contributed by atoms with Crippen LogP contribution in [0.1, 0.15) is 57.4 Å². The van der Waals surface area contributed by atoms with Crippen molar-refractivity contribution < 1.29 is 4.79 Å². The number of ketones is 1. The highest BCUT2D eigenvalue weighted by Gasteiger charge is 2.20. The molecular formula is C22H24ClN3O2S2. The molecule has 0 bridgehead atoms. The van der Waals surface area contributed by atoms with Gasteiger partial charge in [0, 0.05) is 23.0 Å². The third-order valence-corrected chi connectivity index (χ3v) is 6.69. The number of hydrogen-bond acceptors (Lipinski definition) is 6. The topological polar surface area (TPSA) is 64.8 Å². The Hall–Kier alpha value is -2.09. The summed E-state index contributed by atoms with van der Waals surface area (Å²) < 4.78 is 6.96. The van der Waals surface area contributed by atoms with Crippen molar-refractivity contribution in [1.29, 1.82) is 0 Å². The maximum absolute atomic E-state index is 13.2. The largest absolute Gasteiger partial charge is 0.294 e. The fraction of sp³-hybridized carbons (Fsp3) is 0.364. The number of hydrogen-bond donors (Lipinski definition) is 0. The van der Waals surface area contributed by atoms with E-state index in [1.165, 1.54) is 16.9 Å². The van der Waals surface area contributed by atoms with Crippen LogP contribution in [0.25, 0.3) is 12.2 Å². The molecule has 2 heterocycles. The molecule has 0 aliphatic rings. The quantitative estimate of drug-likeness (QED) is 0.579. The average Bonchev–Trinajstić information content (AvgIpc) is 3.20. The molecule has 0 amide bonds. The molecule has 0 atom stereocenters. The van der Waals surface area contributed by atoms with Gasteiger partial charge in [0.05, 0.1) is 11.1 Å². The third kappa shape index (κ3) is 5.14. The number of carbonyl (C=O) groups is 1. The van der Waals surface area contributed by atoms with E-state index in [1.807, 2.05) is 39.0 Å². The van der Waals surface area contributed by atoms with Gasteiger partial charge in [-0.2, -0.15) is 0 Å². The van der Waals surface area contributed by atoms with Crippen LogP contribution in [0, 0.1) is 5.41 Å². The molecular weight excluding hydrogens is 438 g/mol. The number of benzene rings is 1. The zero-order valence-corrected chi connectivity index (χ0v) is 20.0. The Balaban J connectivity index is 2.14. The van der Waals surface area contributed by atoms with Crippen LogP contribution in [0.5, 0.6) is 0 Å². The number of carbonyl (C=O) groups excluding carboxylic acids is 1. The minimum Gasteiger partial charge on any atom is -0.294 e. The van der Waals surface area contributed by atoms with E-state index < -0.39 is 5.41 Å². The number of aromatic nitrogens is 3. The normalized spacial score (nSPS) is 13.4. The number of halogens is 1. The highest BCUT2D eigenvalue weighted by molar-refractivity contribution is 7.10. The second kappa shape index (κ2) is 8.96. The van der Waals surface area contributed by atoms with Crippen molar-refractivity contribution in [3.63, 3.8) is 0 Å². The summed E-state index contributed by atoms with van der Waals surface area (Å²) in [5, 5.41) is 4.01. The van der Waals surface area contributed by atoms with Gasteiger partial charge in [-0.15, -0.1) is 16.4 Å². The Morgan fingerprint density at radius 3 is 2.43 bits per heavy atom. The van der Waals surface area contributed by atoms with Gasteiger partial charge < -0.3 is 0 Å². The average molecular weight is 462 g/mol. The van der Waals surface area contributed by atoms with Crippen molar-refractivity contribution in [2.45, 2.75) is 47.1 Å². The van der Waals surface area contributed by atoms with Crippen LogP contribution in [-0.2, 0) is 11.3 Å². The first-order valence-corrected chi connectivity index (χ1v) is 11.6. The summed E-state index contributed by atoms with van der Waals surface area (Å²) in [4.78, 5) is 25.8. The molecule has 0 aliphatic heterocycles. The van der Waals surface area contributed by atoms with Crippen LogP contribution in [0.4, 0.5) is 0 Å². The smallest absolute Gasteiger partial charge is 0.269 e. The lowest BCUT2D eigenvalue weighted by molar-refractivity contribution is -0.120. The van der Waals surface area contributed by atoms with Crippen molar-refractivity contribution in [2.24, 2.45) is 5.41 Å². The highest BCUT2D eigenvalue weighted by Crippen LogP contribution is 2.18. The van der Waals surface area contributed by atoms with Crippen molar-refractivity contribution in [3.8, 4) is 0 Å². The van der Waals surface area contributed by atoms with Crippen LogP contribution in [0.15, 0.2) is 29.1 Å². The third-order valence-electron chi connectivity index (χ3n) is 4.65. The van der Waals surface area contributed by atoms with Gasteiger partial charge in [0.15, 0.2) is 5.78 Å². The highest BCUT2D eigenvalue weighted by atomic mass is 35.5. The molecule has 3 rings (SSSR count). The number of rotatable bonds is 5. The van der Waals surface area contributed by atoms with Gasteiger partial charge in [-0.25, -0.2) is 0 Å². The minimum absolute atomic E-state index is 0.0483. The number of nitrogens with zero attached hydrogens (tertiary/aromatic N) is 3. The first kappa shape index (κ1) is 22.6. The molecule has 3 aromatic rings. The molecule has 0 aliphatic carbocycles. The predicted molar refractivity (Wildman–Crippen MR) is 125 cm³/mol. The summed E-state index contributed by atoms with van der Waals surface area (Å²) >= 11 is 8.51. The van der Waals surface area contributed by atoms with Crippen LogP contribution >= 0.6 is 34.5 Å². The Morgan fingerprint density at radius 1 is 1.23 bits per heavy atom. The summed E-state index contributed by atoms with van der Waals surface area (Å²) in [7, 11) is 0. The molecule has 30 heavy (non-hydrogen) atoms. The predicted octanol–water partition coefficient (Wildman–Crippen LogP) is 3.81. The first-order chi connectivity index (χ1) is 14.1. The van der Waals surface area contributed by atoms with Gasteiger partial charge in [0.25, 0.3) is 5.56 Å². The summed E-state index contributed by atoms with van der Waals surface area (Å²) in [6, 6.07) is 8.15. The van der Waals surface area contributed by atoms with Crippen molar-refractivity contribution in [3.05, 3.63) is 65.0 Å². The zero-order chi connectivity index (χ0) is 22.1. The molecule has 0 radical (unpaired) electrons. The first-order valence-electron chi connectivity index (χ1n) is 9.60. The maximum Gasteiger partial charge on any atom is 0.269 e. The van der Waals surface area contributed by atoms with Crippen molar-refractivity contribution in [1.82, 2.24) is 14.2 Å². The van der Waals surface area contributed by atoms with Gasteiger partial charge in [-0.05, 0) is 23.1 Å². The van der Waals surface area contributed by atoms with Crippen LogP contribution in [0.2, 0.25) is 4.34 Å². The lowest BCUT2D eigenvalue weighted by Gasteiger charge is -2.12. The van der Waals surface area contributed by atoms with Gasteiger partial charge in [-0.3, -0.25) is 14.2 Å². The molecule has 0 spiro atoms. The number of thiazole rings is 1. The summed E-state index contributed by atoms with van der Waals surface area (Å²) in [6.45, 7) is 10.0. The van der Waals surface area contributed by atoms with E-state index in [9.17, 15) is 9.59 Å². The Morgan fingerprint density at radius 2 is 1.90 bits per heavy atom. The molecule has 0 unspecified atom stereocenters. The number of Topliss-reactive ketones (excluding diaryl/α,β-unsaturated/α-hetero) is 1. The van der Waals surface area contributed by atoms with Gasteiger partial charge in [0.2, 0.25) is 0 Å². The van der Waals surface area contributed by atoms with Crippen molar-refractivity contribution >= 4 is 52.4 Å². The molecule has 0 saturated carbocycles. The van der Waals surface area contributed by atoms with E-state index in [0.29, 0.717) is 25.1 Å². The molecule has 1 aromatic carbocycles. The van der Waals surface area contributed by atoms with E-state index in [0.717, 1.165) is 17.1 Å². The lowest BCUT2D eigenvalue weighted by Crippen LogP contribution is -2.33. The Kier molecular flexibility index (Phi) is 6.75. The van der Waals surface area contributed by atoms with Gasteiger partial charge in [0.1, 0.15) is 14.7 Å². The monoisotopic (exact) mass is 461 g/mol.